The number of aliphatic carboxylic acids is 1. The van der Waals surface area contributed by atoms with E-state index in [4.69, 9.17) is 51.5 Å². The zero-order valence-corrected chi connectivity index (χ0v) is 7.47. The molecular formula is C4H2Cl4O2. The molecule has 0 heterocycles. The number of hydrogen-bond donors (Lipinski definition) is 1. The number of hydrogen-bond acceptors (Lipinski definition) is 1. The van der Waals surface area contributed by atoms with Crippen molar-refractivity contribution in [1.29, 1.82) is 0 Å². The molecule has 1 N–H and O–H groups in total. The SMILES string of the molecule is O=C(O)/C=C(/Cl)C(Cl)(Cl)Cl. The topological polar surface area (TPSA) is 37.3 Å². The normalized spacial score (nSPS) is 13.4. The van der Waals surface area contributed by atoms with E-state index in [9.17, 15) is 4.79 Å². The van der Waals surface area contributed by atoms with Gasteiger partial charge in [0.05, 0.1) is 5.03 Å². The van der Waals surface area contributed by atoms with Gasteiger partial charge in [-0.25, -0.2) is 4.79 Å². The van der Waals surface area contributed by atoms with E-state index < -0.39 is 9.76 Å². The maximum absolute atomic E-state index is 9.92. The molecule has 0 aromatic rings. The molecule has 10 heavy (non-hydrogen) atoms. The molecule has 0 aromatic heterocycles. The summed E-state index contributed by atoms with van der Waals surface area (Å²) in [5.41, 5.74) is 0. The van der Waals surface area contributed by atoms with Crippen molar-refractivity contribution in [2.45, 2.75) is 3.79 Å². The largest absolute Gasteiger partial charge is 0.478 e. The van der Waals surface area contributed by atoms with Crippen LogP contribution in [0.4, 0.5) is 0 Å². The molecule has 0 atom stereocenters. The molecule has 2 nitrogen and oxygen atoms in total. The summed E-state index contributed by atoms with van der Waals surface area (Å²) in [6, 6.07) is 0. The second kappa shape index (κ2) is 3.67. The molecule has 58 valence electrons. The lowest BCUT2D eigenvalue weighted by molar-refractivity contribution is -0.131. The number of allylic oxidation sites excluding steroid dienone is 1. The molecule has 0 aliphatic rings. The van der Waals surface area contributed by atoms with Gasteiger partial charge in [0, 0.05) is 6.08 Å². The molecule has 0 unspecified atom stereocenters. The monoisotopic (exact) mass is 222 g/mol. The summed E-state index contributed by atoms with van der Waals surface area (Å²) in [7, 11) is 0. The first-order valence-electron chi connectivity index (χ1n) is 2.01. The van der Waals surface area contributed by atoms with Crippen molar-refractivity contribution < 1.29 is 9.90 Å². The molecular weight excluding hydrogens is 222 g/mol. The third-order valence-electron chi connectivity index (χ3n) is 0.521. The summed E-state index contributed by atoms with van der Waals surface area (Å²) >= 11 is 20.8. The third-order valence-corrected chi connectivity index (χ3v) is 1.81. The standard InChI is InChI=1S/C4H2Cl4O2/c5-2(1-3(9)10)4(6,7)8/h1H,(H,9,10)/b2-1+. The third kappa shape index (κ3) is 4.23. The Morgan fingerprint density at radius 1 is 1.40 bits per heavy atom. The fourth-order valence-corrected chi connectivity index (χ4v) is 0.447. The summed E-state index contributed by atoms with van der Waals surface area (Å²) in [6.07, 6.45) is 0.620. The van der Waals surface area contributed by atoms with Crippen LogP contribution in [0.5, 0.6) is 0 Å². The highest BCUT2D eigenvalue weighted by Gasteiger charge is 2.24. The maximum Gasteiger partial charge on any atom is 0.329 e. The molecule has 0 fully saturated rings. The van der Waals surface area contributed by atoms with Crippen LogP contribution in [0.15, 0.2) is 11.1 Å². The van der Waals surface area contributed by atoms with Crippen LogP contribution in [0.3, 0.4) is 0 Å². The van der Waals surface area contributed by atoms with Crippen LogP contribution in [0, 0.1) is 0 Å². The first-order chi connectivity index (χ1) is 4.34. The van der Waals surface area contributed by atoms with E-state index in [0.29, 0.717) is 6.08 Å². The number of halogens is 4. The quantitative estimate of drug-likeness (QED) is 0.548. The number of carbonyl (C=O) groups is 1. The van der Waals surface area contributed by atoms with Crippen molar-refractivity contribution >= 4 is 52.4 Å². The number of carboxylic acids is 1. The van der Waals surface area contributed by atoms with E-state index >= 15 is 0 Å². The zero-order chi connectivity index (χ0) is 8.36. The van der Waals surface area contributed by atoms with Crippen LogP contribution < -0.4 is 0 Å². The second-order valence-corrected chi connectivity index (χ2v) is 4.02. The summed E-state index contributed by atoms with van der Waals surface area (Å²) in [4.78, 5) is 9.92. The first kappa shape index (κ1) is 10.4. The fourth-order valence-electron chi connectivity index (χ4n) is 0.190. The average Bonchev–Trinajstić information content (AvgIpc) is 1.60. The Balaban J connectivity index is 4.35. The molecule has 0 aromatic carbocycles. The van der Waals surface area contributed by atoms with E-state index in [1.165, 1.54) is 0 Å². The van der Waals surface area contributed by atoms with Crippen molar-refractivity contribution in [1.82, 2.24) is 0 Å². The van der Waals surface area contributed by atoms with E-state index in [1.807, 2.05) is 0 Å². The number of carboxylic acid groups (broad SMARTS) is 1. The lowest BCUT2D eigenvalue weighted by Crippen LogP contribution is -2.03. The van der Waals surface area contributed by atoms with Crippen LogP contribution >= 0.6 is 46.4 Å². The Kier molecular flexibility index (Phi) is 3.81. The summed E-state index contributed by atoms with van der Waals surface area (Å²) < 4.78 is -1.85. The number of rotatable bonds is 1. The van der Waals surface area contributed by atoms with Crippen molar-refractivity contribution in [3.63, 3.8) is 0 Å². The Morgan fingerprint density at radius 2 is 1.80 bits per heavy atom. The molecule has 0 bridgehead atoms. The van der Waals surface area contributed by atoms with Gasteiger partial charge in [0.1, 0.15) is 0 Å². The first-order valence-corrected chi connectivity index (χ1v) is 3.52. The van der Waals surface area contributed by atoms with Crippen molar-refractivity contribution in [2.75, 3.05) is 0 Å². The van der Waals surface area contributed by atoms with Crippen LogP contribution in [-0.2, 0) is 4.79 Å². The van der Waals surface area contributed by atoms with E-state index in [1.54, 1.807) is 0 Å². The van der Waals surface area contributed by atoms with Crippen LogP contribution in [0.25, 0.3) is 0 Å². The van der Waals surface area contributed by atoms with E-state index in [0.717, 1.165) is 0 Å². The average molecular weight is 224 g/mol. The smallest absolute Gasteiger partial charge is 0.329 e. The van der Waals surface area contributed by atoms with Gasteiger partial charge in [0.15, 0.2) is 0 Å². The van der Waals surface area contributed by atoms with Gasteiger partial charge in [0.2, 0.25) is 3.79 Å². The second-order valence-electron chi connectivity index (χ2n) is 1.33. The van der Waals surface area contributed by atoms with Gasteiger partial charge >= 0.3 is 5.97 Å². The molecule has 6 heteroatoms. The van der Waals surface area contributed by atoms with Gasteiger partial charge < -0.3 is 5.11 Å². The van der Waals surface area contributed by atoms with Crippen molar-refractivity contribution in [3.05, 3.63) is 11.1 Å². The highest BCUT2D eigenvalue weighted by atomic mass is 35.6. The molecule has 0 amide bonds. The predicted octanol–water partition coefficient (Wildman–Crippen LogP) is 2.56. The molecule has 0 aliphatic carbocycles. The lowest BCUT2D eigenvalue weighted by Gasteiger charge is -2.06. The minimum absolute atomic E-state index is 0.343. The van der Waals surface area contributed by atoms with Crippen molar-refractivity contribution in [3.8, 4) is 0 Å². The maximum atomic E-state index is 9.92. The Bertz CT molecular complexity index is 169. The molecule has 0 spiro atoms. The van der Waals surface area contributed by atoms with Gasteiger partial charge in [-0.3, -0.25) is 0 Å². The van der Waals surface area contributed by atoms with E-state index in [2.05, 4.69) is 0 Å². The molecule has 0 radical (unpaired) electrons. The van der Waals surface area contributed by atoms with E-state index in [-0.39, 0.29) is 5.03 Å². The fraction of sp³-hybridized carbons (Fsp3) is 0.250. The minimum Gasteiger partial charge on any atom is -0.478 e. The highest BCUT2D eigenvalue weighted by molar-refractivity contribution is 6.73. The van der Waals surface area contributed by atoms with Crippen molar-refractivity contribution in [2.24, 2.45) is 0 Å². The van der Waals surface area contributed by atoms with Gasteiger partial charge in [-0.1, -0.05) is 46.4 Å². The Labute approximate surface area is 77.3 Å². The Morgan fingerprint density at radius 3 is 1.90 bits per heavy atom. The summed E-state index contributed by atoms with van der Waals surface area (Å²) in [5, 5.41) is 7.77. The van der Waals surface area contributed by atoms with Gasteiger partial charge in [-0.15, -0.1) is 0 Å². The predicted molar refractivity (Wildman–Crippen MR) is 41.9 cm³/mol. The summed E-state index contributed by atoms with van der Waals surface area (Å²) in [6.45, 7) is 0. The molecule has 0 aliphatic heterocycles. The van der Waals surface area contributed by atoms with Gasteiger partial charge in [-0.2, -0.15) is 0 Å². The Hall–Kier alpha value is 0.370. The summed E-state index contributed by atoms with van der Waals surface area (Å²) in [5.74, 6) is -1.25. The van der Waals surface area contributed by atoms with Crippen LogP contribution in [0.1, 0.15) is 0 Å². The van der Waals surface area contributed by atoms with Crippen LogP contribution in [-0.4, -0.2) is 14.9 Å². The number of alkyl halides is 3. The molecule has 0 rings (SSSR count). The lowest BCUT2D eigenvalue weighted by atomic mass is 10.5. The minimum atomic E-state index is -1.85. The highest BCUT2D eigenvalue weighted by Crippen LogP contribution is 2.36. The van der Waals surface area contributed by atoms with Crippen LogP contribution in [0.2, 0.25) is 0 Å². The molecule has 0 saturated carbocycles. The van der Waals surface area contributed by atoms with Gasteiger partial charge in [-0.05, 0) is 0 Å². The molecule has 0 saturated heterocycles. The zero-order valence-electron chi connectivity index (χ0n) is 4.44. The van der Waals surface area contributed by atoms with Gasteiger partial charge in [0.25, 0.3) is 0 Å².